The molecular formula is C19H22INO2. The van der Waals surface area contributed by atoms with E-state index < -0.39 is 6.10 Å². The van der Waals surface area contributed by atoms with Crippen LogP contribution in [0, 0.1) is 31.3 Å². The minimum Gasteiger partial charge on any atom is -0.481 e. The van der Waals surface area contributed by atoms with Crippen molar-refractivity contribution in [3.63, 3.8) is 0 Å². The lowest BCUT2D eigenvalue weighted by Crippen LogP contribution is -2.30. The van der Waals surface area contributed by atoms with Crippen molar-refractivity contribution >= 4 is 34.2 Å². The van der Waals surface area contributed by atoms with E-state index >= 15 is 0 Å². The first-order valence-corrected chi connectivity index (χ1v) is 8.67. The number of ether oxygens (including phenoxy) is 1. The molecule has 1 unspecified atom stereocenters. The van der Waals surface area contributed by atoms with Gasteiger partial charge in [0.2, 0.25) is 0 Å². The Kier molecular flexibility index (Phi) is 5.68. The summed E-state index contributed by atoms with van der Waals surface area (Å²) in [6.07, 6.45) is -0.562. The van der Waals surface area contributed by atoms with Crippen LogP contribution in [0.15, 0.2) is 30.3 Å². The molecule has 0 aliphatic rings. The number of hydrogen-bond donors (Lipinski definition) is 1. The number of nitrogens with one attached hydrogen (secondary N) is 1. The van der Waals surface area contributed by atoms with Crippen LogP contribution in [0.25, 0.3) is 0 Å². The number of rotatable bonds is 4. The fraction of sp³-hybridized carbons (Fsp3) is 0.316. The lowest BCUT2D eigenvalue weighted by molar-refractivity contribution is -0.122. The number of carbonyl (C=O) groups is 1. The molecule has 2 rings (SSSR count). The first kappa shape index (κ1) is 17.8. The van der Waals surface area contributed by atoms with Crippen LogP contribution in [0.4, 0.5) is 5.69 Å². The van der Waals surface area contributed by atoms with Crippen LogP contribution in [0.3, 0.4) is 0 Å². The monoisotopic (exact) mass is 423 g/mol. The van der Waals surface area contributed by atoms with Crippen LogP contribution in [0.1, 0.15) is 29.2 Å². The van der Waals surface area contributed by atoms with Gasteiger partial charge in [0, 0.05) is 9.26 Å². The number of halogens is 1. The molecule has 0 radical (unpaired) electrons. The molecule has 2 aromatic carbocycles. The summed E-state index contributed by atoms with van der Waals surface area (Å²) in [6, 6.07) is 10.0. The molecule has 0 aromatic heterocycles. The number of hydrogen-bond acceptors (Lipinski definition) is 2. The fourth-order valence-electron chi connectivity index (χ4n) is 2.37. The van der Waals surface area contributed by atoms with Gasteiger partial charge in [0.15, 0.2) is 6.10 Å². The smallest absolute Gasteiger partial charge is 0.265 e. The standard InChI is InChI=1S/C19H22INO2/c1-11-8-12(2)14(4)18(9-11)23-15(5)19(22)21-17-7-6-16(20)10-13(17)3/h6-10,15H,1-5H3,(H,21,22). The highest BCUT2D eigenvalue weighted by Crippen LogP contribution is 2.25. The van der Waals surface area contributed by atoms with Gasteiger partial charge in [-0.15, -0.1) is 0 Å². The second-order valence-electron chi connectivity index (χ2n) is 5.91. The highest BCUT2D eigenvalue weighted by atomic mass is 127. The summed E-state index contributed by atoms with van der Waals surface area (Å²) in [6.45, 7) is 9.84. The Morgan fingerprint density at radius 3 is 2.43 bits per heavy atom. The molecule has 0 saturated heterocycles. The summed E-state index contributed by atoms with van der Waals surface area (Å²) in [5.74, 6) is 0.623. The Morgan fingerprint density at radius 2 is 1.78 bits per heavy atom. The molecule has 0 bridgehead atoms. The van der Waals surface area contributed by atoms with Gasteiger partial charge in [-0.2, -0.15) is 0 Å². The third-order valence-electron chi connectivity index (χ3n) is 3.88. The second-order valence-corrected chi connectivity index (χ2v) is 7.16. The first-order chi connectivity index (χ1) is 10.8. The summed E-state index contributed by atoms with van der Waals surface area (Å²) in [5.41, 5.74) is 5.23. The van der Waals surface area contributed by atoms with Gasteiger partial charge < -0.3 is 10.1 Å². The molecule has 3 nitrogen and oxygen atoms in total. The van der Waals surface area contributed by atoms with E-state index in [2.05, 4.69) is 40.9 Å². The van der Waals surface area contributed by atoms with Crippen molar-refractivity contribution in [1.29, 1.82) is 0 Å². The number of amides is 1. The summed E-state index contributed by atoms with van der Waals surface area (Å²) in [5, 5.41) is 2.94. The molecule has 0 heterocycles. The van der Waals surface area contributed by atoms with Crippen molar-refractivity contribution < 1.29 is 9.53 Å². The van der Waals surface area contributed by atoms with Crippen molar-refractivity contribution in [2.24, 2.45) is 0 Å². The van der Waals surface area contributed by atoms with Crippen LogP contribution < -0.4 is 10.1 Å². The molecular weight excluding hydrogens is 401 g/mol. The molecule has 1 atom stereocenters. The number of carbonyl (C=O) groups excluding carboxylic acids is 1. The zero-order valence-electron chi connectivity index (χ0n) is 14.2. The number of anilines is 1. The SMILES string of the molecule is Cc1cc(C)c(C)c(OC(C)C(=O)Nc2ccc(I)cc2C)c1. The summed E-state index contributed by atoms with van der Waals surface area (Å²) >= 11 is 2.26. The summed E-state index contributed by atoms with van der Waals surface area (Å²) in [4.78, 5) is 12.4. The van der Waals surface area contributed by atoms with Crippen molar-refractivity contribution in [3.8, 4) is 5.75 Å². The molecule has 23 heavy (non-hydrogen) atoms. The molecule has 0 fully saturated rings. The number of aryl methyl sites for hydroxylation is 3. The van der Waals surface area contributed by atoms with Crippen molar-refractivity contribution in [1.82, 2.24) is 0 Å². The largest absolute Gasteiger partial charge is 0.481 e. The molecule has 0 aliphatic carbocycles. The second kappa shape index (κ2) is 7.34. The van der Waals surface area contributed by atoms with Crippen molar-refractivity contribution in [2.45, 2.75) is 40.7 Å². The quantitative estimate of drug-likeness (QED) is 0.709. The van der Waals surface area contributed by atoms with E-state index in [9.17, 15) is 4.79 Å². The highest BCUT2D eigenvalue weighted by Gasteiger charge is 2.17. The van der Waals surface area contributed by atoms with Gasteiger partial charge in [-0.25, -0.2) is 0 Å². The average Bonchev–Trinajstić information content (AvgIpc) is 2.47. The van der Waals surface area contributed by atoms with Gasteiger partial charge in [-0.3, -0.25) is 4.79 Å². The Morgan fingerprint density at radius 1 is 1.09 bits per heavy atom. The highest BCUT2D eigenvalue weighted by molar-refractivity contribution is 14.1. The summed E-state index contributed by atoms with van der Waals surface area (Å²) < 4.78 is 7.04. The molecule has 2 aromatic rings. The maximum atomic E-state index is 12.4. The Labute approximate surface area is 151 Å². The van der Waals surface area contributed by atoms with Crippen LogP contribution in [-0.4, -0.2) is 12.0 Å². The van der Waals surface area contributed by atoms with Gasteiger partial charge in [-0.1, -0.05) is 6.07 Å². The normalized spacial score (nSPS) is 11.9. The van der Waals surface area contributed by atoms with Crippen LogP contribution in [0.2, 0.25) is 0 Å². The zero-order valence-corrected chi connectivity index (χ0v) is 16.3. The maximum Gasteiger partial charge on any atom is 0.265 e. The van der Waals surface area contributed by atoms with Crippen molar-refractivity contribution in [3.05, 3.63) is 56.2 Å². The van der Waals surface area contributed by atoms with E-state index in [-0.39, 0.29) is 5.91 Å². The molecule has 0 aliphatic heterocycles. The Hall–Kier alpha value is -1.56. The number of benzene rings is 2. The minimum absolute atomic E-state index is 0.145. The predicted molar refractivity (Wildman–Crippen MR) is 103 cm³/mol. The lowest BCUT2D eigenvalue weighted by Gasteiger charge is -2.18. The third kappa shape index (κ3) is 4.47. The predicted octanol–water partition coefficient (Wildman–Crippen LogP) is 4.93. The summed E-state index contributed by atoms with van der Waals surface area (Å²) in [7, 11) is 0. The van der Waals surface area contributed by atoms with E-state index in [0.29, 0.717) is 0 Å². The fourth-order valence-corrected chi connectivity index (χ4v) is 3.02. The molecule has 4 heteroatoms. The minimum atomic E-state index is -0.562. The average molecular weight is 423 g/mol. The topological polar surface area (TPSA) is 38.3 Å². The van der Waals surface area contributed by atoms with E-state index in [4.69, 9.17) is 4.74 Å². The Balaban J connectivity index is 2.11. The van der Waals surface area contributed by atoms with Crippen LogP contribution >= 0.6 is 22.6 Å². The molecule has 1 amide bonds. The molecule has 0 spiro atoms. The van der Waals surface area contributed by atoms with E-state index in [1.807, 2.05) is 45.0 Å². The lowest BCUT2D eigenvalue weighted by atomic mass is 10.1. The van der Waals surface area contributed by atoms with Gasteiger partial charge >= 0.3 is 0 Å². The van der Waals surface area contributed by atoms with Crippen LogP contribution in [-0.2, 0) is 4.79 Å². The van der Waals surface area contributed by atoms with E-state index in [1.54, 1.807) is 6.92 Å². The van der Waals surface area contributed by atoms with Gasteiger partial charge in [-0.05, 0) is 104 Å². The maximum absolute atomic E-state index is 12.4. The Bertz CT molecular complexity index is 740. The van der Waals surface area contributed by atoms with E-state index in [1.165, 1.54) is 5.56 Å². The molecule has 1 N–H and O–H groups in total. The third-order valence-corrected chi connectivity index (χ3v) is 4.55. The van der Waals surface area contributed by atoms with Gasteiger partial charge in [0.25, 0.3) is 5.91 Å². The molecule has 122 valence electrons. The van der Waals surface area contributed by atoms with Gasteiger partial charge in [0.05, 0.1) is 0 Å². The zero-order chi connectivity index (χ0) is 17.1. The van der Waals surface area contributed by atoms with Crippen LogP contribution in [0.5, 0.6) is 5.75 Å². The first-order valence-electron chi connectivity index (χ1n) is 7.59. The van der Waals surface area contributed by atoms with E-state index in [0.717, 1.165) is 31.7 Å². The van der Waals surface area contributed by atoms with Crippen molar-refractivity contribution in [2.75, 3.05) is 5.32 Å². The van der Waals surface area contributed by atoms with Gasteiger partial charge in [0.1, 0.15) is 5.75 Å². The molecule has 0 saturated carbocycles.